The van der Waals surface area contributed by atoms with E-state index in [0.29, 0.717) is 12.8 Å². The summed E-state index contributed by atoms with van der Waals surface area (Å²) in [7, 11) is 0. The molecule has 0 aromatic carbocycles. The molecule has 0 saturated heterocycles. The van der Waals surface area contributed by atoms with Crippen LogP contribution in [0.4, 0.5) is 13.2 Å². The van der Waals surface area contributed by atoms with Crippen molar-refractivity contribution in [2.75, 3.05) is 5.75 Å². The molecular weight excluding hydrogens is 201 g/mol. The third kappa shape index (κ3) is 5.18. The highest BCUT2D eigenvalue weighted by Gasteiger charge is 2.30. The molecule has 0 aromatic heterocycles. The minimum Gasteiger partial charge on any atom is -0.299 e. The second-order valence-corrected chi connectivity index (χ2v) is 4.30. The Labute approximate surface area is 79.1 Å². The zero-order valence-corrected chi connectivity index (χ0v) is 7.88. The van der Waals surface area contributed by atoms with Gasteiger partial charge in [0.15, 0.2) is 0 Å². The molecule has 0 amide bonds. The maximum Gasteiger partial charge on any atom is 0.441 e. The van der Waals surface area contributed by atoms with Gasteiger partial charge in [-0.1, -0.05) is 11.8 Å². The number of thioether (sulfide) groups is 1. The first kappa shape index (κ1) is 10.9. The van der Waals surface area contributed by atoms with E-state index < -0.39 is 5.51 Å². The zero-order chi connectivity index (χ0) is 9.90. The minimum absolute atomic E-state index is 0.00194. The van der Waals surface area contributed by atoms with Gasteiger partial charge in [0.1, 0.15) is 5.78 Å². The predicted molar refractivity (Wildman–Crippen MR) is 45.5 cm³/mol. The highest BCUT2D eigenvalue weighted by atomic mass is 32.2. The molecule has 0 spiro atoms. The monoisotopic (exact) mass is 212 g/mol. The number of rotatable bonds is 5. The minimum atomic E-state index is -4.15. The summed E-state index contributed by atoms with van der Waals surface area (Å²) in [6, 6.07) is 0. The van der Waals surface area contributed by atoms with E-state index in [9.17, 15) is 18.0 Å². The van der Waals surface area contributed by atoms with Crippen LogP contribution in [0.5, 0.6) is 0 Å². The Balaban J connectivity index is 1.97. The van der Waals surface area contributed by atoms with Crippen LogP contribution in [0.25, 0.3) is 0 Å². The van der Waals surface area contributed by atoms with Gasteiger partial charge >= 0.3 is 5.51 Å². The summed E-state index contributed by atoms with van der Waals surface area (Å²) < 4.78 is 34.9. The molecule has 13 heavy (non-hydrogen) atoms. The Morgan fingerprint density at radius 3 is 2.46 bits per heavy atom. The summed E-state index contributed by atoms with van der Waals surface area (Å²) >= 11 is -0.0445. The predicted octanol–water partition coefficient (Wildman–Crippen LogP) is 3.00. The van der Waals surface area contributed by atoms with Gasteiger partial charge in [0, 0.05) is 18.1 Å². The van der Waals surface area contributed by atoms with Crippen LogP contribution in [0.3, 0.4) is 0 Å². The van der Waals surface area contributed by atoms with Crippen molar-refractivity contribution in [3.05, 3.63) is 0 Å². The fourth-order valence-electron chi connectivity index (χ4n) is 1.04. The fraction of sp³-hybridized carbons (Fsp3) is 0.875. The van der Waals surface area contributed by atoms with Crippen molar-refractivity contribution in [2.24, 2.45) is 5.92 Å². The SMILES string of the molecule is O=C(CCCSC(F)(F)F)C1CC1. The Morgan fingerprint density at radius 2 is 2.00 bits per heavy atom. The van der Waals surface area contributed by atoms with Crippen molar-refractivity contribution in [1.82, 2.24) is 0 Å². The highest BCUT2D eigenvalue weighted by Crippen LogP contribution is 2.33. The molecule has 1 aliphatic carbocycles. The van der Waals surface area contributed by atoms with E-state index in [1.54, 1.807) is 0 Å². The van der Waals surface area contributed by atoms with Gasteiger partial charge < -0.3 is 0 Å². The van der Waals surface area contributed by atoms with Gasteiger partial charge in [-0.05, 0) is 19.3 Å². The summed E-state index contributed by atoms with van der Waals surface area (Å²) in [6.45, 7) is 0. The first-order valence-corrected chi connectivity index (χ1v) is 5.21. The van der Waals surface area contributed by atoms with E-state index in [0.717, 1.165) is 12.8 Å². The van der Waals surface area contributed by atoms with E-state index in [-0.39, 0.29) is 29.2 Å². The Bertz CT molecular complexity index is 186. The van der Waals surface area contributed by atoms with Crippen LogP contribution in [0.15, 0.2) is 0 Å². The molecule has 5 heteroatoms. The maximum atomic E-state index is 11.6. The van der Waals surface area contributed by atoms with Crippen LogP contribution < -0.4 is 0 Å². The first-order chi connectivity index (χ1) is 5.99. The van der Waals surface area contributed by atoms with Crippen LogP contribution >= 0.6 is 11.8 Å². The normalized spacial score (nSPS) is 17.5. The molecule has 1 fully saturated rings. The molecule has 0 heterocycles. The summed E-state index contributed by atoms with van der Waals surface area (Å²) in [5.74, 6) is 0.320. The smallest absolute Gasteiger partial charge is 0.299 e. The number of hydrogen-bond donors (Lipinski definition) is 0. The lowest BCUT2D eigenvalue weighted by atomic mass is 10.2. The number of alkyl halides is 3. The molecule has 1 rings (SSSR count). The zero-order valence-electron chi connectivity index (χ0n) is 7.06. The summed E-state index contributed by atoms with van der Waals surface area (Å²) in [5, 5.41) is 0. The maximum absolute atomic E-state index is 11.6. The van der Waals surface area contributed by atoms with Crippen LogP contribution in [-0.2, 0) is 4.79 Å². The Kier molecular flexibility index (Phi) is 3.64. The van der Waals surface area contributed by atoms with Crippen molar-refractivity contribution in [1.29, 1.82) is 0 Å². The largest absolute Gasteiger partial charge is 0.441 e. The number of carbonyl (C=O) groups excluding carboxylic acids is 1. The molecule has 1 saturated carbocycles. The van der Waals surface area contributed by atoms with Gasteiger partial charge in [-0.3, -0.25) is 4.79 Å². The van der Waals surface area contributed by atoms with Crippen molar-refractivity contribution >= 4 is 17.5 Å². The fourth-order valence-corrected chi connectivity index (χ4v) is 1.56. The van der Waals surface area contributed by atoms with Crippen LogP contribution in [-0.4, -0.2) is 17.0 Å². The van der Waals surface area contributed by atoms with Gasteiger partial charge in [0.25, 0.3) is 0 Å². The molecule has 1 nitrogen and oxygen atoms in total. The van der Waals surface area contributed by atoms with E-state index in [4.69, 9.17) is 0 Å². The van der Waals surface area contributed by atoms with Crippen LogP contribution in [0.2, 0.25) is 0 Å². The molecule has 0 unspecified atom stereocenters. The van der Waals surface area contributed by atoms with Crippen molar-refractivity contribution in [3.8, 4) is 0 Å². The highest BCUT2D eigenvalue weighted by molar-refractivity contribution is 8.00. The molecule has 1 aliphatic rings. The van der Waals surface area contributed by atoms with Gasteiger partial charge in [-0.15, -0.1) is 0 Å². The van der Waals surface area contributed by atoms with Gasteiger partial charge in [-0.25, -0.2) is 0 Å². The second kappa shape index (κ2) is 4.35. The van der Waals surface area contributed by atoms with Gasteiger partial charge in [-0.2, -0.15) is 13.2 Å². The van der Waals surface area contributed by atoms with Crippen LogP contribution in [0, 0.1) is 5.92 Å². The third-order valence-corrected chi connectivity index (χ3v) is 2.69. The molecule has 0 aromatic rings. The average molecular weight is 212 g/mol. The molecule has 76 valence electrons. The van der Waals surface area contributed by atoms with E-state index in [1.165, 1.54) is 0 Å². The Morgan fingerprint density at radius 1 is 1.38 bits per heavy atom. The topological polar surface area (TPSA) is 17.1 Å². The number of hydrogen-bond acceptors (Lipinski definition) is 2. The van der Waals surface area contributed by atoms with Gasteiger partial charge in [0.05, 0.1) is 0 Å². The van der Waals surface area contributed by atoms with Crippen molar-refractivity contribution < 1.29 is 18.0 Å². The second-order valence-electron chi connectivity index (χ2n) is 3.14. The Hall–Kier alpha value is -0.190. The van der Waals surface area contributed by atoms with E-state index in [2.05, 4.69) is 0 Å². The van der Waals surface area contributed by atoms with Crippen LogP contribution in [0.1, 0.15) is 25.7 Å². The standard InChI is InChI=1S/C8H11F3OS/c9-8(10,11)13-5-1-2-7(12)6-3-4-6/h6H,1-5H2. The molecule has 0 aliphatic heterocycles. The summed E-state index contributed by atoms with van der Waals surface area (Å²) in [6.07, 6.45) is 2.53. The van der Waals surface area contributed by atoms with E-state index in [1.807, 2.05) is 0 Å². The molecule has 0 atom stereocenters. The third-order valence-electron chi connectivity index (χ3n) is 1.87. The molecule has 0 N–H and O–H groups in total. The molecule has 0 radical (unpaired) electrons. The summed E-state index contributed by atoms with van der Waals surface area (Å²) in [5.41, 5.74) is -4.15. The number of ketones is 1. The number of halogens is 3. The van der Waals surface area contributed by atoms with Gasteiger partial charge in [0.2, 0.25) is 0 Å². The first-order valence-electron chi connectivity index (χ1n) is 4.22. The lowest BCUT2D eigenvalue weighted by Crippen LogP contribution is -2.04. The average Bonchev–Trinajstić information content (AvgIpc) is 2.77. The van der Waals surface area contributed by atoms with E-state index >= 15 is 0 Å². The van der Waals surface area contributed by atoms with Crippen molar-refractivity contribution in [2.45, 2.75) is 31.2 Å². The lowest BCUT2D eigenvalue weighted by Gasteiger charge is -2.04. The molecular formula is C8H11F3OS. The van der Waals surface area contributed by atoms with Crippen molar-refractivity contribution in [3.63, 3.8) is 0 Å². The lowest BCUT2D eigenvalue weighted by molar-refractivity contribution is -0.120. The number of Topliss-reactive ketones (excluding diaryl/α,β-unsaturated/α-hetero) is 1. The molecule has 0 bridgehead atoms. The number of carbonyl (C=O) groups is 1. The summed E-state index contributed by atoms with van der Waals surface area (Å²) in [4.78, 5) is 11.0. The quantitative estimate of drug-likeness (QED) is 0.652.